The molecule has 5 atom stereocenters. The van der Waals surface area contributed by atoms with Gasteiger partial charge >= 0.3 is 0 Å². The minimum absolute atomic E-state index is 0.0570. The Morgan fingerprint density at radius 2 is 1.55 bits per heavy atom. The van der Waals surface area contributed by atoms with E-state index in [2.05, 4.69) is 10.6 Å². The van der Waals surface area contributed by atoms with E-state index in [0.29, 0.717) is 0 Å². The molecule has 0 radical (unpaired) electrons. The third kappa shape index (κ3) is 3.06. The molecule has 7 heteroatoms. The van der Waals surface area contributed by atoms with E-state index in [0.717, 1.165) is 64.2 Å². The molecule has 5 fully saturated rings. The number of fused-ring (bicyclic) bond motifs is 1. The quantitative estimate of drug-likeness (QED) is 0.655. The van der Waals surface area contributed by atoms with Crippen LogP contribution in [-0.4, -0.2) is 58.5 Å². The number of carbonyl (C=O) groups excluding carboxylic acids is 3. The molecule has 7 nitrogen and oxygen atoms in total. The van der Waals surface area contributed by atoms with Gasteiger partial charge in [0.25, 0.3) is 0 Å². The van der Waals surface area contributed by atoms with Crippen LogP contribution in [0.5, 0.6) is 0 Å². The van der Waals surface area contributed by atoms with Gasteiger partial charge in [-0.3, -0.25) is 14.4 Å². The zero-order chi connectivity index (χ0) is 21.2. The molecule has 3 aliphatic heterocycles. The highest BCUT2D eigenvalue weighted by Gasteiger charge is 2.73. The lowest BCUT2D eigenvalue weighted by Gasteiger charge is -2.36. The normalized spacial score (nSPS) is 39.9. The van der Waals surface area contributed by atoms with Crippen molar-refractivity contribution >= 4 is 17.7 Å². The first-order valence-electron chi connectivity index (χ1n) is 12.4. The molecular weight excluding hydrogens is 394 g/mol. The second kappa shape index (κ2) is 7.32. The zero-order valence-corrected chi connectivity index (χ0v) is 18.1. The van der Waals surface area contributed by atoms with Gasteiger partial charge in [-0.1, -0.05) is 44.3 Å². The Hall–Kier alpha value is -1.89. The van der Waals surface area contributed by atoms with E-state index in [9.17, 15) is 14.4 Å². The predicted molar refractivity (Wildman–Crippen MR) is 113 cm³/mol. The van der Waals surface area contributed by atoms with E-state index in [1.54, 1.807) is 0 Å². The lowest BCUT2D eigenvalue weighted by atomic mass is 9.74. The molecule has 31 heavy (non-hydrogen) atoms. The Balaban J connectivity index is 1.33. The molecule has 0 aromatic rings. The van der Waals surface area contributed by atoms with Crippen LogP contribution in [0.3, 0.4) is 0 Å². The smallest absolute Gasteiger partial charge is 0.246 e. The summed E-state index contributed by atoms with van der Waals surface area (Å²) in [6.07, 6.45) is 14.9. The van der Waals surface area contributed by atoms with Crippen LogP contribution in [0, 0.1) is 11.8 Å². The van der Waals surface area contributed by atoms with Crippen molar-refractivity contribution in [2.24, 2.45) is 11.8 Å². The Bertz CT molecular complexity index is 812. The minimum atomic E-state index is -1.01. The Morgan fingerprint density at radius 3 is 2.26 bits per heavy atom. The van der Waals surface area contributed by atoms with Gasteiger partial charge in [0.1, 0.15) is 11.6 Å². The number of hydrogen-bond acceptors (Lipinski definition) is 4. The molecule has 3 saturated carbocycles. The lowest BCUT2D eigenvalue weighted by molar-refractivity contribution is -0.144. The van der Waals surface area contributed by atoms with Crippen molar-refractivity contribution in [3.05, 3.63) is 12.2 Å². The molecule has 6 rings (SSSR count). The van der Waals surface area contributed by atoms with Gasteiger partial charge in [0.15, 0.2) is 0 Å². The van der Waals surface area contributed by atoms with Gasteiger partial charge in [-0.25, -0.2) is 0 Å². The maximum Gasteiger partial charge on any atom is 0.246 e. The van der Waals surface area contributed by atoms with E-state index in [1.807, 2.05) is 17.1 Å². The average Bonchev–Trinajstić information content (AvgIpc) is 3.14. The van der Waals surface area contributed by atoms with Crippen LogP contribution >= 0.6 is 0 Å². The molecule has 3 heterocycles. The zero-order valence-electron chi connectivity index (χ0n) is 18.1. The van der Waals surface area contributed by atoms with Crippen LogP contribution in [-0.2, 0) is 19.1 Å². The molecule has 2 bridgehead atoms. The van der Waals surface area contributed by atoms with E-state index >= 15 is 0 Å². The number of ether oxygens (including phenoxy) is 1. The summed E-state index contributed by atoms with van der Waals surface area (Å²) in [5.41, 5.74) is -1.01. The average molecular weight is 428 g/mol. The third-order valence-electron chi connectivity index (χ3n) is 8.46. The standard InChI is InChI=1S/C24H33N3O4/c28-21(25-15-10-11-15)18-17-12-13-24(31-17)19(18)23(30)27(16-8-4-5-9-16)20(24)22(29)26-14-6-2-1-3-7-14/h12-20H,1-11H2,(H,25,28)(H,26,29)/t17-,18+,19-,20-,24-/m1/s1. The number of nitrogens with one attached hydrogen (secondary N) is 2. The van der Waals surface area contributed by atoms with Crippen molar-refractivity contribution < 1.29 is 19.1 Å². The van der Waals surface area contributed by atoms with Crippen LogP contribution in [0.1, 0.15) is 70.6 Å². The summed E-state index contributed by atoms with van der Waals surface area (Å²) >= 11 is 0. The fourth-order valence-electron chi connectivity index (χ4n) is 6.83. The van der Waals surface area contributed by atoms with E-state index in [-0.39, 0.29) is 35.8 Å². The largest absolute Gasteiger partial charge is 0.359 e. The van der Waals surface area contributed by atoms with Crippen molar-refractivity contribution in [2.45, 2.75) is 107 Å². The summed E-state index contributed by atoms with van der Waals surface area (Å²) in [7, 11) is 0. The van der Waals surface area contributed by atoms with Gasteiger partial charge < -0.3 is 20.3 Å². The van der Waals surface area contributed by atoms with Crippen molar-refractivity contribution in [1.29, 1.82) is 0 Å². The molecule has 6 aliphatic rings. The second-order valence-electron chi connectivity index (χ2n) is 10.5. The Kier molecular flexibility index (Phi) is 4.67. The summed E-state index contributed by atoms with van der Waals surface area (Å²) in [6, 6.07) is -0.194. The van der Waals surface area contributed by atoms with Crippen molar-refractivity contribution in [3.8, 4) is 0 Å². The van der Waals surface area contributed by atoms with Gasteiger partial charge in [0, 0.05) is 18.1 Å². The molecule has 3 amide bonds. The number of amides is 3. The first kappa shape index (κ1) is 19.8. The molecular formula is C24H33N3O4. The summed E-state index contributed by atoms with van der Waals surface area (Å²) in [5.74, 6) is -1.36. The number of nitrogens with zero attached hydrogens (tertiary/aromatic N) is 1. The number of rotatable bonds is 5. The van der Waals surface area contributed by atoms with Gasteiger partial charge in [-0.15, -0.1) is 0 Å². The topological polar surface area (TPSA) is 87.7 Å². The van der Waals surface area contributed by atoms with Gasteiger partial charge in [-0.05, 0) is 38.5 Å². The Morgan fingerprint density at radius 1 is 0.903 bits per heavy atom. The van der Waals surface area contributed by atoms with Crippen molar-refractivity contribution in [2.75, 3.05) is 0 Å². The molecule has 1 spiro atoms. The predicted octanol–water partition coefficient (Wildman–Crippen LogP) is 1.81. The van der Waals surface area contributed by atoms with Gasteiger partial charge in [-0.2, -0.15) is 0 Å². The summed E-state index contributed by atoms with van der Waals surface area (Å²) in [6.45, 7) is 0. The monoisotopic (exact) mass is 427 g/mol. The summed E-state index contributed by atoms with van der Waals surface area (Å²) in [5, 5.41) is 6.34. The highest BCUT2D eigenvalue weighted by atomic mass is 16.5. The van der Waals surface area contributed by atoms with Crippen LogP contribution in [0.15, 0.2) is 12.2 Å². The van der Waals surface area contributed by atoms with Gasteiger partial charge in [0.05, 0.1) is 17.9 Å². The molecule has 0 aromatic carbocycles. The SMILES string of the molecule is O=C(NC1CC1)[C@H]1[C@H]2C=C[C@@]3(O2)[C@H]1C(=O)N(C1CCCC1)[C@@H]3C(=O)NC1CCCCC1. The fraction of sp³-hybridized carbons (Fsp3) is 0.792. The molecule has 2 saturated heterocycles. The minimum Gasteiger partial charge on any atom is -0.359 e. The van der Waals surface area contributed by atoms with E-state index < -0.39 is 29.6 Å². The first-order valence-corrected chi connectivity index (χ1v) is 12.4. The van der Waals surface area contributed by atoms with Crippen molar-refractivity contribution in [3.63, 3.8) is 0 Å². The lowest BCUT2D eigenvalue weighted by Crippen LogP contribution is -2.58. The first-order chi connectivity index (χ1) is 15.1. The third-order valence-corrected chi connectivity index (χ3v) is 8.46. The molecule has 168 valence electrons. The highest BCUT2D eigenvalue weighted by Crippen LogP contribution is 2.56. The number of carbonyl (C=O) groups is 3. The van der Waals surface area contributed by atoms with Crippen LogP contribution in [0.4, 0.5) is 0 Å². The molecule has 0 aromatic heterocycles. The Labute approximate surface area is 183 Å². The highest BCUT2D eigenvalue weighted by molar-refractivity contribution is 6.00. The van der Waals surface area contributed by atoms with Crippen LogP contribution in [0.2, 0.25) is 0 Å². The maximum atomic E-state index is 13.8. The molecule has 2 N–H and O–H groups in total. The van der Waals surface area contributed by atoms with Gasteiger partial charge in [0.2, 0.25) is 17.7 Å². The van der Waals surface area contributed by atoms with Crippen LogP contribution in [0.25, 0.3) is 0 Å². The molecule has 0 unspecified atom stereocenters. The number of hydrogen-bond donors (Lipinski definition) is 2. The van der Waals surface area contributed by atoms with E-state index in [1.165, 1.54) is 6.42 Å². The van der Waals surface area contributed by atoms with E-state index in [4.69, 9.17) is 4.74 Å². The fourth-order valence-corrected chi connectivity index (χ4v) is 6.83. The summed E-state index contributed by atoms with van der Waals surface area (Å²) < 4.78 is 6.41. The maximum absolute atomic E-state index is 13.8. The second-order valence-corrected chi connectivity index (χ2v) is 10.5. The summed E-state index contributed by atoms with van der Waals surface area (Å²) in [4.78, 5) is 42.5. The molecule has 3 aliphatic carbocycles. The number of likely N-dealkylation sites (tertiary alicyclic amines) is 1. The van der Waals surface area contributed by atoms with Crippen LogP contribution < -0.4 is 10.6 Å². The van der Waals surface area contributed by atoms with Crippen molar-refractivity contribution in [1.82, 2.24) is 15.5 Å².